The van der Waals surface area contributed by atoms with Gasteiger partial charge in [0.2, 0.25) is 5.91 Å². The number of aliphatic hydroxyl groups is 1. The monoisotopic (exact) mass is 387 g/mol. The highest BCUT2D eigenvalue weighted by Gasteiger charge is 2.69. The number of amides is 2. The summed E-state index contributed by atoms with van der Waals surface area (Å²) in [5.74, 6) is -1.64. The van der Waals surface area contributed by atoms with Crippen molar-refractivity contribution >= 4 is 11.8 Å². The smallest absolute Gasteiger partial charge is 0.380 e. The van der Waals surface area contributed by atoms with Crippen LogP contribution in [0.4, 0.5) is 13.2 Å². The van der Waals surface area contributed by atoms with E-state index in [-0.39, 0.29) is 18.5 Å². The van der Waals surface area contributed by atoms with Crippen molar-refractivity contribution in [2.24, 2.45) is 18.4 Å². The Labute approximate surface area is 155 Å². The second-order valence-corrected chi connectivity index (χ2v) is 8.02. The maximum Gasteiger partial charge on any atom is 0.417 e. The van der Waals surface area contributed by atoms with Gasteiger partial charge in [0.05, 0.1) is 12.0 Å². The van der Waals surface area contributed by atoms with Gasteiger partial charge in [-0.15, -0.1) is 0 Å². The van der Waals surface area contributed by atoms with Gasteiger partial charge >= 0.3 is 6.18 Å². The van der Waals surface area contributed by atoms with Gasteiger partial charge in [-0.3, -0.25) is 14.5 Å². The van der Waals surface area contributed by atoms with Crippen molar-refractivity contribution in [3.63, 3.8) is 0 Å². The predicted molar refractivity (Wildman–Crippen MR) is 89.7 cm³/mol. The number of imidazole rings is 1. The third-order valence-corrected chi connectivity index (χ3v) is 6.10. The first-order valence-corrected chi connectivity index (χ1v) is 9.06. The zero-order valence-corrected chi connectivity index (χ0v) is 15.6. The Morgan fingerprint density at radius 2 is 1.96 bits per heavy atom. The summed E-state index contributed by atoms with van der Waals surface area (Å²) in [6.07, 6.45) is -1.48. The number of nitrogens with zero attached hydrogens (tertiary/aromatic N) is 3. The van der Waals surface area contributed by atoms with E-state index in [0.29, 0.717) is 25.0 Å². The molecule has 3 rings (SSSR count). The fraction of sp³-hybridized carbons (Fsp3) is 0.722. The summed E-state index contributed by atoms with van der Waals surface area (Å²) in [6.45, 7) is 1.95. The van der Waals surface area contributed by atoms with Crippen molar-refractivity contribution in [1.29, 1.82) is 0 Å². The number of aromatic nitrogens is 2. The van der Waals surface area contributed by atoms with Crippen LogP contribution in [0.1, 0.15) is 55.7 Å². The fourth-order valence-electron chi connectivity index (χ4n) is 3.83. The summed E-state index contributed by atoms with van der Waals surface area (Å²) in [7, 11) is 1.62. The lowest BCUT2D eigenvalue weighted by molar-refractivity contribution is -0.278. The number of rotatable bonds is 3. The molecule has 27 heavy (non-hydrogen) atoms. The predicted octanol–water partition coefficient (Wildman–Crippen LogP) is 2.45. The summed E-state index contributed by atoms with van der Waals surface area (Å²) in [6, 6.07) is 0. The van der Waals surface area contributed by atoms with Crippen LogP contribution in [-0.2, 0) is 18.3 Å². The van der Waals surface area contributed by atoms with Crippen LogP contribution in [-0.4, -0.2) is 49.7 Å². The number of aryl methyl sites for hydroxylation is 2. The summed E-state index contributed by atoms with van der Waals surface area (Å²) in [5.41, 5.74) is -3.78. The minimum Gasteiger partial charge on any atom is -0.380 e. The zero-order valence-electron chi connectivity index (χ0n) is 15.6. The number of hydrogen-bond acceptors (Lipinski definition) is 4. The number of imide groups is 1. The Bertz CT molecular complexity index is 766. The average molecular weight is 387 g/mol. The molecule has 0 radical (unpaired) electrons. The van der Waals surface area contributed by atoms with Crippen molar-refractivity contribution in [3.05, 3.63) is 17.7 Å². The van der Waals surface area contributed by atoms with Gasteiger partial charge in [0.15, 0.2) is 5.60 Å². The molecule has 9 heteroatoms. The third-order valence-electron chi connectivity index (χ3n) is 6.10. The van der Waals surface area contributed by atoms with Crippen molar-refractivity contribution < 1.29 is 27.9 Å². The van der Waals surface area contributed by atoms with E-state index in [1.807, 2.05) is 0 Å². The molecule has 0 spiro atoms. The van der Waals surface area contributed by atoms with Crippen molar-refractivity contribution in [2.75, 3.05) is 6.54 Å². The molecule has 1 aromatic heterocycles. The minimum atomic E-state index is -4.85. The minimum absolute atomic E-state index is 0.100. The molecule has 2 atom stereocenters. The number of fused-ring (bicyclic) bond motifs is 1. The van der Waals surface area contributed by atoms with E-state index in [2.05, 4.69) is 4.98 Å². The molecule has 0 bridgehead atoms. The van der Waals surface area contributed by atoms with Gasteiger partial charge in [0.1, 0.15) is 5.69 Å². The van der Waals surface area contributed by atoms with Gasteiger partial charge in [-0.25, -0.2) is 4.98 Å². The summed E-state index contributed by atoms with van der Waals surface area (Å²) >= 11 is 0. The van der Waals surface area contributed by atoms with Gasteiger partial charge < -0.3 is 9.67 Å². The number of alkyl halides is 3. The summed E-state index contributed by atoms with van der Waals surface area (Å²) < 4.78 is 41.7. The second kappa shape index (κ2) is 6.32. The van der Waals surface area contributed by atoms with Crippen LogP contribution in [0.25, 0.3) is 0 Å². The third kappa shape index (κ3) is 3.15. The second-order valence-electron chi connectivity index (χ2n) is 8.02. The van der Waals surface area contributed by atoms with E-state index in [1.54, 1.807) is 14.0 Å². The van der Waals surface area contributed by atoms with E-state index in [1.165, 1.54) is 10.9 Å². The van der Waals surface area contributed by atoms with E-state index >= 15 is 0 Å². The highest BCUT2D eigenvalue weighted by molar-refractivity contribution is 6.05. The van der Waals surface area contributed by atoms with Gasteiger partial charge in [0.25, 0.3) is 5.91 Å². The first-order valence-electron chi connectivity index (χ1n) is 9.06. The van der Waals surface area contributed by atoms with Crippen LogP contribution in [0, 0.1) is 11.3 Å². The number of carbonyl (C=O) groups excluding carboxylic acids is 2. The highest BCUT2D eigenvalue weighted by atomic mass is 19.4. The van der Waals surface area contributed by atoms with Gasteiger partial charge in [-0.1, -0.05) is 6.92 Å². The van der Waals surface area contributed by atoms with E-state index in [4.69, 9.17) is 0 Å². The largest absolute Gasteiger partial charge is 0.417 e. The lowest BCUT2D eigenvalue weighted by Gasteiger charge is -2.38. The Morgan fingerprint density at radius 3 is 2.52 bits per heavy atom. The maximum atomic E-state index is 13.4. The maximum absolute atomic E-state index is 13.4. The van der Waals surface area contributed by atoms with Crippen LogP contribution in [0.5, 0.6) is 0 Å². The molecular weight excluding hydrogens is 363 g/mol. The lowest BCUT2D eigenvalue weighted by atomic mass is 9.84. The molecule has 1 saturated carbocycles. The molecule has 150 valence electrons. The lowest BCUT2D eigenvalue weighted by Crippen LogP contribution is -2.56. The Morgan fingerprint density at radius 1 is 1.33 bits per heavy atom. The van der Waals surface area contributed by atoms with Crippen molar-refractivity contribution in [1.82, 2.24) is 14.5 Å². The van der Waals surface area contributed by atoms with E-state index in [9.17, 15) is 27.9 Å². The van der Waals surface area contributed by atoms with Gasteiger partial charge in [0, 0.05) is 24.9 Å². The average Bonchev–Trinajstić information content (AvgIpc) is 3.27. The molecule has 1 N–H and O–H groups in total. The number of halogens is 3. The molecule has 1 unspecified atom stereocenters. The molecule has 6 nitrogen and oxygen atoms in total. The van der Waals surface area contributed by atoms with Gasteiger partial charge in [-0.05, 0) is 39.0 Å². The Hall–Kier alpha value is -1.90. The van der Waals surface area contributed by atoms with Crippen molar-refractivity contribution in [2.45, 2.75) is 57.7 Å². The summed E-state index contributed by atoms with van der Waals surface area (Å²) in [5, 5.41) is 10.2. The number of hydrogen-bond donors (Lipinski definition) is 1. The standard InChI is InChI=1S/C18H24F3N3O3/c1-11-5-4-6-12-13(23(3)10-22-12)15(26)24(14(11)25)9-17(7-8-17)16(2,27)18(19,20)21/h10-11,27H,4-9H2,1-3H3/t11-,16?/m1/s1. The van der Waals surface area contributed by atoms with Gasteiger partial charge in [-0.2, -0.15) is 13.2 Å². The Kier molecular flexibility index (Phi) is 4.65. The van der Waals surface area contributed by atoms with E-state index < -0.39 is 41.5 Å². The first-order chi connectivity index (χ1) is 12.4. The normalized spacial score (nSPS) is 25.3. The molecule has 0 saturated heterocycles. The first kappa shape index (κ1) is 19.9. The quantitative estimate of drug-likeness (QED) is 0.809. The van der Waals surface area contributed by atoms with Crippen LogP contribution >= 0.6 is 0 Å². The summed E-state index contributed by atoms with van der Waals surface area (Å²) in [4.78, 5) is 31.2. The zero-order chi connectivity index (χ0) is 20.2. The van der Waals surface area contributed by atoms with Crippen molar-refractivity contribution in [3.8, 4) is 0 Å². The molecule has 0 aromatic carbocycles. The highest BCUT2D eigenvalue weighted by Crippen LogP contribution is 2.59. The molecule has 2 amide bonds. The topological polar surface area (TPSA) is 75.4 Å². The molecule has 1 fully saturated rings. The molecule has 1 aliphatic carbocycles. The molecule has 2 heterocycles. The van der Waals surface area contributed by atoms with E-state index in [0.717, 1.165) is 11.8 Å². The van der Waals surface area contributed by atoms with Crippen LogP contribution in [0.3, 0.4) is 0 Å². The SMILES string of the molecule is C[C@@H]1CCCc2ncn(C)c2C(=O)N(CC2(C(C)(O)C(F)(F)F)CC2)C1=O. The van der Waals surface area contributed by atoms with Crippen LogP contribution < -0.4 is 0 Å². The van der Waals surface area contributed by atoms with Crippen LogP contribution in [0.15, 0.2) is 6.33 Å². The Balaban J connectivity index is 2.00. The molecular formula is C18H24F3N3O3. The fourth-order valence-corrected chi connectivity index (χ4v) is 3.83. The van der Waals surface area contributed by atoms with Crippen LogP contribution in [0.2, 0.25) is 0 Å². The molecule has 1 aliphatic heterocycles. The molecule has 1 aromatic rings. The number of carbonyl (C=O) groups is 2. The molecule has 2 aliphatic rings.